The molecule has 4 bridgehead atoms. The molecule has 1 aromatic rings. The lowest BCUT2D eigenvalue weighted by Gasteiger charge is -2.56. The lowest BCUT2D eigenvalue weighted by atomic mass is 9.49. The van der Waals surface area contributed by atoms with Crippen molar-refractivity contribution >= 4 is 11.9 Å². The van der Waals surface area contributed by atoms with Crippen molar-refractivity contribution in [3.05, 3.63) is 30.3 Å². The molecule has 4 fully saturated rings. The predicted octanol–water partition coefficient (Wildman–Crippen LogP) is 3.33. The van der Waals surface area contributed by atoms with Gasteiger partial charge in [0, 0.05) is 6.42 Å². The molecule has 0 spiro atoms. The minimum Gasteiger partial charge on any atom is -0.490 e. The number of nitrogens with one attached hydrogen (secondary N) is 1. The molecular formula is C22H29NO4. The summed E-state index contributed by atoms with van der Waals surface area (Å²) < 4.78 is 10.6. The molecule has 0 atom stereocenters. The van der Waals surface area contributed by atoms with E-state index in [0.29, 0.717) is 13.0 Å². The van der Waals surface area contributed by atoms with E-state index in [2.05, 4.69) is 5.32 Å². The van der Waals surface area contributed by atoms with Gasteiger partial charge >= 0.3 is 5.97 Å². The van der Waals surface area contributed by atoms with Crippen molar-refractivity contribution in [3.63, 3.8) is 0 Å². The van der Waals surface area contributed by atoms with Gasteiger partial charge in [0.15, 0.2) is 0 Å². The summed E-state index contributed by atoms with van der Waals surface area (Å²) in [4.78, 5) is 24.2. The minimum absolute atomic E-state index is 0.00515. The quantitative estimate of drug-likeness (QED) is 0.562. The molecule has 5 heteroatoms. The van der Waals surface area contributed by atoms with E-state index in [4.69, 9.17) is 9.47 Å². The number of ether oxygens (including phenoxy) is 2. The lowest BCUT2D eigenvalue weighted by molar-refractivity contribution is -0.145. The van der Waals surface area contributed by atoms with E-state index in [1.165, 1.54) is 38.5 Å². The van der Waals surface area contributed by atoms with Crippen LogP contribution in [0.15, 0.2) is 30.3 Å². The van der Waals surface area contributed by atoms with Gasteiger partial charge in [-0.05, 0) is 73.8 Å². The highest BCUT2D eigenvalue weighted by Crippen LogP contribution is 2.61. The van der Waals surface area contributed by atoms with Crippen LogP contribution < -0.4 is 10.1 Å². The van der Waals surface area contributed by atoms with E-state index < -0.39 is 5.97 Å². The molecule has 27 heavy (non-hydrogen) atoms. The molecule has 5 rings (SSSR count). The van der Waals surface area contributed by atoms with E-state index in [-0.39, 0.29) is 24.5 Å². The van der Waals surface area contributed by atoms with Crippen molar-refractivity contribution in [1.82, 2.24) is 5.32 Å². The van der Waals surface area contributed by atoms with Crippen molar-refractivity contribution < 1.29 is 19.1 Å². The second kappa shape index (κ2) is 7.91. The molecule has 5 nitrogen and oxygen atoms in total. The molecule has 0 aromatic heterocycles. The SMILES string of the molecule is O=C(CC12CC3CC(CC(C3)C1)C2)NCC(=O)OCCOc1ccccc1. The monoisotopic (exact) mass is 371 g/mol. The summed E-state index contributed by atoms with van der Waals surface area (Å²) >= 11 is 0. The second-order valence-corrected chi connectivity index (χ2v) is 8.75. The summed E-state index contributed by atoms with van der Waals surface area (Å²) in [7, 11) is 0. The van der Waals surface area contributed by atoms with Crippen LogP contribution in [-0.4, -0.2) is 31.6 Å². The molecule has 0 unspecified atom stereocenters. The molecular weight excluding hydrogens is 342 g/mol. The van der Waals surface area contributed by atoms with Crippen molar-refractivity contribution in [2.75, 3.05) is 19.8 Å². The highest BCUT2D eigenvalue weighted by Gasteiger charge is 2.51. The van der Waals surface area contributed by atoms with Gasteiger partial charge in [-0.2, -0.15) is 0 Å². The highest BCUT2D eigenvalue weighted by atomic mass is 16.6. The zero-order chi connectivity index (χ0) is 18.7. The maximum atomic E-state index is 12.4. The van der Waals surface area contributed by atoms with Gasteiger partial charge in [-0.1, -0.05) is 18.2 Å². The van der Waals surface area contributed by atoms with Crippen LogP contribution in [0.4, 0.5) is 0 Å². The van der Waals surface area contributed by atoms with Crippen molar-refractivity contribution in [3.8, 4) is 5.75 Å². The third-order valence-corrected chi connectivity index (χ3v) is 6.49. The second-order valence-electron chi connectivity index (χ2n) is 8.75. The summed E-state index contributed by atoms with van der Waals surface area (Å²) in [6, 6.07) is 9.40. The number of carbonyl (C=O) groups excluding carboxylic acids is 2. The Kier molecular flexibility index (Phi) is 5.37. The van der Waals surface area contributed by atoms with Crippen LogP contribution >= 0.6 is 0 Å². The summed E-state index contributed by atoms with van der Waals surface area (Å²) in [6.45, 7) is 0.423. The Morgan fingerprint density at radius 3 is 2.22 bits per heavy atom. The maximum Gasteiger partial charge on any atom is 0.325 e. The van der Waals surface area contributed by atoms with Crippen molar-refractivity contribution in [1.29, 1.82) is 0 Å². The van der Waals surface area contributed by atoms with Gasteiger partial charge in [0.25, 0.3) is 0 Å². The summed E-state index contributed by atoms with van der Waals surface area (Å²) in [5.41, 5.74) is 0.201. The number of para-hydroxylation sites is 1. The van der Waals surface area contributed by atoms with E-state index in [1.807, 2.05) is 30.3 Å². The number of rotatable bonds is 8. The Morgan fingerprint density at radius 1 is 0.963 bits per heavy atom. The molecule has 1 amide bonds. The first-order chi connectivity index (χ1) is 13.1. The smallest absolute Gasteiger partial charge is 0.325 e. The van der Waals surface area contributed by atoms with Gasteiger partial charge in [0.2, 0.25) is 5.91 Å². The van der Waals surface area contributed by atoms with E-state index in [0.717, 1.165) is 23.5 Å². The Hall–Kier alpha value is -2.04. The topological polar surface area (TPSA) is 64.6 Å². The number of esters is 1. The zero-order valence-corrected chi connectivity index (χ0v) is 15.8. The van der Waals surface area contributed by atoms with Crippen molar-refractivity contribution in [2.24, 2.45) is 23.2 Å². The first-order valence-corrected chi connectivity index (χ1v) is 10.2. The first-order valence-electron chi connectivity index (χ1n) is 10.2. The third-order valence-electron chi connectivity index (χ3n) is 6.49. The average molecular weight is 371 g/mol. The normalized spacial score (nSPS) is 30.7. The van der Waals surface area contributed by atoms with Gasteiger partial charge in [-0.15, -0.1) is 0 Å². The van der Waals surface area contributed by atoms with Crippen LogP contribution in [0.25, 0.3) is 0 Å². The van der Waals surface area contributed by atoms with Gasteiger partial charge in [0.1, 0.15) is 25.5 Å². The fraction of sp³-hybridized carbons (Fsp3) is 0.636. The van der Waals surface area contributed by atoms with Crippen LogP contribution in [0.1, 0.15) is 44.9 Å². The molecule has 4 saturated carbocycles. The van der Waals surface area contributed by atoms with Crippen LogP contribution in [-0.2, 0) is 14.3 Å². The van der Waals surface area contributed by atoms with Crippen LogP contribution in [0.3, 0.4) is 0 Å². The Balaban J connectivity index is 1.14. The number of hydrogen-bond acceptors (Lipinski definition) is 4. The van der Waals surface area contributed by atoms with E-state index >= 15 is 0 Å². The van der Waals surface area contributed by atoms with E-state index in [1.54, 1.807) is 0 Å². The number of carbonyl (C=O) groups is 2. The molecule has 0 aliphatic heterocycles. The number of hydrogen-bond donors (Lipinski definition) is 1. The Labute approximate surface area is 160 Å². The van der Waals surface area contributed by atoms with Crippen LogP contribution in [0, 0.1) is 23.2 Å². The molecule has 0 radical (unpaired) electrons. The van der Waals surface area contributed by atoms with Gasteiger partial charge < -0.3 is 14.8 Å². The molecule has 1 N–H and O–H groups in total. The highest BCUT2D eigenvalue weighted by molar-refractivity contribution is 5.82. The minimum atomic E-state index is -0.412. The van der Waals surface area contributed by atoms with Crippen molar-refractivity contribution in [2.45, 2.75) is 44.9 Å². The third kappa shape index (κ3) is 4.63. The Morgan fingerprint density at radius 2 is 1.59 bits per heavy atom. The predicted molar refractivity (Wildman–Crippen MR) is 101 cm³/mol. The molecule has 4 aliphatic carbocycles. The maximum absolute atomic E-state index is 12.4. The summed E-state index contributed by atoms with van der Waals surface area (Å²) in [6.07, 6.45) is 8.30. The lowest BCUT2D eigenvalue weighted by Crippen LogP contribution is -2.48. The first kappa shape index (κ1) is 18.3. The number of amides is 1. The fourth-order valence-electron chi connectivity index (χ4n) is 5.96. The average Bonchev–Trinajstić information content (AvgIpc) is 2.63. The van der Waals surface area contributed by atoms with Crippen LogP contribution in [0.5, 0.6) is 5.75 Å². The van der Waals surface area contributed by atoms with E-state index in [9.17, 15) is 9.59 Å². The molecule has 4 aliphatic rings. The molecule has 1 aromatic carbocycles. The molecule has 0 heterocycles. The largest absolute Gasteiger partial charge is 0.490 e. The standard InChI is InChI=1S/C22H29NO4/c24-20(14-22-11-16-8-17(12-22)10-18(9-16)13-22)23-15-21(25)27-7-6-26-19-4-2-1-3-5-19/h1-5,16-18H,6-15H2,(H,23,24). The number of benzene rings is 1. The zero-order valence-electron chi connectivity index (χ0n) is 15.8. The molecule has 146 valence electrons. The fourth-order valence-corrected chi connectivity index (χ4v) is 5.96. The molecule has 0 saturated heterocycles. The summed E-state index contributed by atoms with van der Waals surface area (Å²) in [5, 5.41) is 2.76. The van der Waals surface area contributed by atoms with Gasteiger partial charge in [-0.3, -0.25) is 9.59 Å². The Bertz CT molecular complexity index is 637. The van der Waals surface area contributed by atoms with Gasteiger partial charge in [0.05, 0.1) is 0 Å². The van der Waals surface area contributed by atoms with Gasteiger partial charge in [-0.25, -0.2) is 0 Å². The summed E-state index contributed by atoms with van der Waals surface area (Å²) in [5.74, 6) is 2.83. The van der Waals surface area contributed by atoms with Crippen LogP contribution in [0.2, 0.25) is 0 Å².